The lowest BCUT2D eigenvalue weighted by Gasteiger charge is -2.45. The molecule has 12 heteroatoms. The van der Waals surface area contributed by atoms with Crippen molar-refractivity contribution in [2.24, 2.45) is 21.5 Å². The van der Waals surface area contributed by atoms with Crippen LogP contribution < -0.4 is 21.8 Å². The molecule has 0 amide bonds. The first-order valence-electron chi connectivity index (χ1n) is 12.0. The largest absolute Gasteiger partial charge is 0.493 e. The summed E-state index contributed by atoms with van der Waals surface area (Å²) in [5.74, 6) is 1.31. The van der Waals surface area contributed by atoms with Crippen LogP contribution in [0.15, 0.2) is 55.7 Å². The summed E-state index contributed by atoms with van der Waals surface area (Å²) in [6.07, 6.45) is 8.84. The van der Waals surface area contributed by atoms with Gasteiger partial charge < -0.3 is 25.5 Å². The second-order valence-corrected chi connectivity index (χ2v) is 9.05. The lowest BCUT2D eigenvalue weighted by Crippen LogP contribution is -2.57. The van der Waals surface area contributed by atoms with Crippen LogP contribution in [0.4, 0.5) is 0 Å². The van der Waals surface area contributed by atoms with Gasteiger partial charge in [-0.1, -0.05) is 11.6 Å². The molecule has 3 heterocycles. The van der Waals surface area contributed by atoms with Gasteiger partial charge in [0.2, 0.25) is 11.9 Å². The molecule has 4 N–H and O–H groups in total. The smallest absolute Gasteiger partial charge is 0.336 e. The van der Waals surface area contributed by atoms with Crippen molar-refractivity contribution in [1.82, 2.24) is 19.9 Å². The van der Waals surface area contributed by atoms with Crippen molar-refractivity contribution in [2.45, 2.75) is 63.7 Å². The van der Waals surface area contributed by atoms with Gasteiger partial charge >= 0.3 is 5.63 Å². The number of ether oxygens (including phenoxy) is 1. The van der Waals surface area contributed by atoms with Crippen LogP contribution in [0.2, 0.25) is 0 Å². The predicted octanol–water partition coefficient (Wildman–Crippen LogP) is 2.77. The Hall–Kier alpha value is -3.60. The Bertz CT molecular complexity index is 1310. The molecule has 3 aromatic rings. The average molecular weight is 515 g/mol. The van der Waals surface area contributed by atoms with Crippen molar-refractivity contribution in [3.63, 3.8) is 0 Å². The van der Waals surface area contributed by atoms with Crippen molar-refractivity contribution < 1.29 is 9.15 Å². The maximum absolute atomic E-state index is 11.4. The van der Waals surface area contributed by atoms with E-state index in [1.165, 1.54) is 12.5 Å². The molecule has 0 radical (unpaired) electrons. The Morgan fingerprint density at radius 2 is 1.89 bits per heavy atom. The van der Waals surface area contributed by atoms with Gasteiger partial charge in [-0.2, -0.15) is 4.99 Å². The van der Waals surface area contributed by atoms with Gasteiger partial charge in [0.1, 0.15) is 22.7 Å². The summed E-state index contributed by atoms with van der Waals surface area (Å²) in [5.41, 5.74) is 12.7. The van der Waals surface area contributed by atoms with E-state index in [1.807, 2.05) is 27.9 Å². The van der Waals surface area contributed by atoms with Crippen LogP contribution in [0.5, 0.6) is 5.75 Å². The normalized spacial score (nSPS) is 16.9. The molecule has 192 valence electrons. The number of benzene rings is 1. The standard InChI is InChI=1S/C24H30N8O3.ClH/c25-22-27-23(26)32(24(28-22)10-2-1-3-11-24)16-18-15-31(30-29-18)12-4-5-13-34-19-8-6-17-7-9-21(33)35-20(17)14-19;/h6-9,14-15H,1-5,10-13,16H2,(H4,25,26,27,28);1H. The van der Waals surface area contributed by atoms with Gasteiger partial charge in [-0.15, -0.1) is 17.5 Å². The first-order chi connectivity index (χ1) is 17.0. The molecule has 2 aromatic heterocycles. The molecular formula is C24H31ClN8O3. The Balaban J connectivity index is 0.00000304. The van der Waals surface area contributed by atoms with Crippen LogP contribution in [0.3, 0.4) is 0 Å². The summed E-state index contributed by atoms with van der Waals surface area (Å²) < 4.78 is 12.9. The van der Waals surface area contributed by atoms with Crippen LogP contribution in [0.1, 0.15) is 50.6 Å². The van der Waals surface area contributed by atoms with Gasteiger partial charge in [-0.3, -0.25) is 4.68 Å². The van der Waals surface area contributed by atoms with E-state index in [9.17, 15) is 4.79 Å². The monoisotopic (exact) mass is 514 g/mol. The summed E-state index contributed by atoms with van der Waals surface area (Å²) in [7, 11) is 0. The molecule has 1 fully saturated rings. The number of aromatic nitrogens is 3. The molecule has 1 aliphatic heterocycles. The predicted molar refractivity (Wildman–Crippen MR) is 139 cm³/mol. The minimum absolute atomic E-state index is 0. The van der Waals surface area contributed by atoms with Gasteiger partial charge in [-0.25, -0.2) is 9.79 Å². The third-order valence-corrected chi connectivity index (χ3v) is 6.54. The Morgan fingerprint density at radius 1 is 1.08 bits per heavy atom. The number of guanidine groups is 2. The fourth-order valence-electron chi connectivity index (χ4n) is 4.80. The summed E-state index contributed by atoms with van der Waals surface area (Å²) in [4.78, 5) is 22.3. The number of halogens is 1. The molecular weight excluding hydrogens is 484 g/mol. The fraction of sp³-hybridized carbons (Fsp3) is 0.458. The van der Waals surface area contributed by atoms with Crippen molar-refractivity contribution in [1.29, 1.82) is 0 Å². The zero-order chi connectivity index (χ0) is 24.3. The number of fused-ring (bicyclic) bond motifs is 1. The van der Waals surface area contributed by atoms with E-state index >= 15 is 0 Å². The molecule has 11 nitrogen and oxygen atoms in total. The third kappa shape index (κ3) is 5.62. The zero-order valence-electron chi connectivity index (χ0n) is 20.0. The van der Waals surface area contributed by atoms with Crippen molar-refractivity contribution in [2.75, 3.05) is 6.61 Å². The van der Waals surface area contributed by atoms with E-state index in [1.54, 1.807) is 12.1 Å². The van der Waals surface area contributed by atoms with E-state index < -0.39 is 5.66 Å². The molecule has 1 spiro atoms. The molecule has 1 saturated carbocycles. The number of nitrogens with two attached hydrogens (primary N) is 2. The molecule has 2 aliphatic rings. The van der Waals surface area contributed by atoms with Gasteiger partial charge in [0.15, 0.2) is 0 Å². The number of aryl methyl sites for hydroxylation is 1. The van der Waals surface area contributed by atoms with E-state index in [-0.39, 0.29) is 24.0 Å². The minimum atomic E-state index is -0.430. The summed E-state index contributed by atoms with van der Waals surface area (Å²) in [5, 5.41) is 9.47. The van der Waals surface area contributed by atoms with Gasteiger partial charge in [-0.05, 0) is 56.7 Å². The first-order valence-corrected chi connectivity index (χ1v) is 12.0. The number of aliphatic imine (C=N–C) groups is 2. The molecule has 0 bridgehead atoms. The molecule has 36 heavy (non-hydrogen) atoms. The lowest BCUT2D eigenvalue weighted by atomic mass is 9.87. The Kier molecular flexibility index (Phi) is 7.78. The molecule has 0 unspecified atom stereocenters. The quantitative estimate of drug-likeness (QED) is 0.344. The lowest BCUT2D eigenvalue weighted by molar-refractivity contribution is 0.113. The van der Waals surface area contributed by atoms with Crippen LogP contribution in [-0.4, -0.2) is 44.1 Å². The third-order valence-electron chi connectivity index (χ3n) is 6.54. The SMILES string of the molecule is Cl.NC1=NC2(CCCCC2)N(Cc2cn(CCCCOc3ccc4ccc(=O)oc4c3)nn2)C(N)=N1. The second-order valence-electron chi connectivity index (χ2n) is 9.05. The number of unbranched alkanes of at least 4 members (excludes halogenated alkanes) is 1. The second kappa shape index (κ2) is 11.0. The average Bonchev–Trinajstić information content (AvgIpc) is 3.29. The molecule has 1 aromatic carbocycles. The van der Waals surface area contributed by atoms with E-state index in [4.69, 9.17) is 20.6 Å². The van der Waals surface area contributed by atoms with Crippen LogP contribution in [0.25, 0.3) is 11.0 Å². The molecule has 1 aliphatic carbocycles. The highest BCUT2D eigenvalue weighted by atomic mass is 35.5. The van der Waals surface area contributed by atoms with Crippen molar-refractivity contribution in [3.8, 4) is 5.75 Å². The fourth-order valence-corrected chi connectivity index (χ4v) is 4.80. The molecule has 0 atom stereocenters. The Labute approximate surface area is 214 Å². The van der Waals surface area contributed by atoms with Gasteiger partial charge in [0, 0.05) is 24.1 Å². The number of nitrogens with zero attached hydrogens (tertiary/aromatic N) is 6. The number of rotatable bonds is 8. The molecule has 5 rings (SSSR count). The summed E-state index contributed by atoms with van der Waals surface area (Å²) >= 11 is 0. The number of hydrogen-bond donors (Lipinski definition) is 2. The zero-order valence-corrected chi connectivity index (χ0v) is 20.8. The van der Waals surface area contributed by atoms with Crippen LogP contribution in [0, 0.1) is 0 Å². The van der Waals surface area contributed by atoms with Crippen LogP contribution >= 0.6 is 12.4 Å². The maximum Gasteiger partial charge on any atom is 0.336 e. The molecule has 0 saturated heterocycles. The Morgan fingerprint density at radius 3 is 2.72 bits per heavy atom. The highest BCUT2D eigenvalue weighted by Crippen LogP contribution is 2.37. The number of hydrogen-bond acceptors (Lipinski definition) is 10. The van der Waals surface area contributed by atoms with Crippen molar-refractivity contribution in [3.05, 3.63) is 52.6 Å². The topological polar surface area (TPSA) is 150 Å². The van der Waals surface area contributed by atoms with E-state index in [0.29, 0.717) is 30.4 Å². The van der Waals surface area contributed by atoms with E-state index in [2.05, 4.69) is 20.3 Å². The maximum atomic E-state index is 11.4. The van der Waals surface area contributed by atoms with Crippen molar-refractivity contribution >= 4 is 35.3 Å². The highest BCUT2D eigenvalue weighted by Gasteiger charge is 2.41. The highest BCUT2D eigenvalue weighted by molar-refractivity contribution is 5.95. The van der Waals surface area contributed by atoms with Gasteiger partial charge in [0.05, 0.1) is 19.3 Å². The first kappa shape index (κ1) is 25.5. The van der Waals surface area contributed by atoms with Crippen LogP contribution in [-0.2, 0) is 13.1 Å². The van der Waals surface area contributed by atoms with Gasteiger partial charge in [0.25, 0.3) is 0 Å². The van der Waals surface area contributed by atoms with E-state index in [0.717, 1.165) is 56.1 Å². The summed E-state index contributed by atoms with van der Waals surface area (Å²) in [6, 6.07) is 8.64. The minimum Gasteiger partial charge on any atom is -0.493 e. The summed E-state index contributed by atoms with van der Waals surface area (Å²) in [6.45, 7) is 1.77.